The lowest BCUT2D eigenvalue weighted by molar-refractivity contribution is 1.41. The summed E-state index contributed by atoms with van der Waals surface area (Å²) in [4.78, 5) is 1.34. The van der Waals surface area contributed by atoms with Gasteiger partial charge in [-0.05, 0) is 38.0 Å². The zero-order valence-corrected chi connectivity index (χ0v) is 12.9. The van der Waals surface area contributed by atoms with Crippen LogP contribution in [0, 0.1) is 0 Å². The molecule has 2 aromatic rings. The normalized spacial score (nSPS) is 12.9. The Morgan fingerprint density at radius 3 is 2.60 bits per heavy atom. The molecule has 0 aliphatic heterocycles. The molecule has 1 heteroatoms. The van der Waals surface area contributed by atoms with Crippen LogP contribution in [0.15, 0.2) is 60.7 Å². The minimum absolute atomic E-state index is 0.962. The molecule has 20 heavy (non-hydrogen) atoms. The molecule has 0 aliphatic carbocycles. The molecule has 1 aromatic carbocycles. The Labute approximate surface area is 125 Å². The molecular weight excluding hydrogens is 260 g/mol. The lowest BCUT2D eigenvalue weighted by Gasteiger charge is -1.94. The van der Waals surface area contributed by atoms with Crippen LogP contribution in [-0.2, 0) is 0 Å². The van der Waals surface area contributed by atoms with Crippen LogP contribution in [0.4, 0.5) is 0 Å². The number of hydrogen-bond donors (Lipinski definition) is 0. The first kappa shape index (κ1) is 14.5. The summed E-state index contributed by atoms with van der Waals surface area (Å²) in [6, 6.07) is 8.60. The first-order valence-electron chi connectivity index (χ1n) is 6.95. The Kier molecular flexibility index (Phi) is 5.57. The Morgan fingerprint density at radius 2 is 1.80 bits per heavy atom. The van der Waals surface area contributed by atoms with Crippen molar-refractivity contribution >= 4 is 33.6 Å². The minimum atomic E-state index is 0.962. The van der Waals surface area contributed by atoms with E-state index in [1.54, 1.807) is 0 Å². The molecule has 0 radical (unpaired) electrons. The van der Waals surface area contributed by atoms with Gasteiger partial charge in [0.05, 0.1) is 0 Å². The van der Waals surface area contributed by atoms with Gasteiger partial charge in [0.2, 0.25) is 0 Å². The van der Waals surface area contributed by atoms with E-state index in [4.69, 9.17) is 0 Å². The summed E-state index contributed by atoms with van der Waals surface area (Å²) in [6.45, 7) is 4.10. The van der Waals surface area contributed by atoms with E-state index >= 15 is 0 Å². The Hall–Kier alpha value is -1.86. The van der Waals surface area contributed by atoms with Gasteiger partial charge in [0, 0.05) is 15.0 Å². The molecule has 0 saturated carbocycles. The number of hydrogen-bond acceptors (Lipinski definition) is 1. The molecule has 102 valence electrons. The zero-order chi connectivity index (χ0) is 14.2. The van der Waals surface area contributed by atoms with Gasteiger partial charge in [-0.2, -0.15) is 0 Å². The molecule has 0 N–H and O–H groups in total. The van der Waals surface area contributed by atoms with Crippen molar-refractivity contribution in [3.63, 3.8) is 0 Å². The van der Waals surface area contributed by atoms with E-state index in [2.05, 4.69) is 73.7 Å². The molecule has 1 aromatic heterocycles. The van der Waals surface area contributed by atoms with E-state index < -0.39 is 0 Å². The fraction of sp³-hybridized carbons (Fsp3) is 0.158. The van der Waals surface area contributed by atoms with Gasteiger partial charge >= 0.3 is 0 Å². The van der Waals surface area contributed by atoms with Gasteiger partial charge in [0.1, 0.15) is 0 Å². The summed E-state index contributed by atoms with van der Waals surface area (Å²) in [6.07, 6.45) is 18.1. The fourth-order valence-electron chi connectivity index (χ4n) is 2.06. The molecule has 0 unspecified atom stereocenters. The number of thiophene rings is 1. The fourth-order valence-corrected chi connectivity index (χ4v) is 3.23. The van der Waals surface area contributed by atoms with Crippen molar-refractivity contribution in [3.8, 4) is 0 Å². The quantitative estimate of drug-likeness (QED) is 0.550. The summed E-state index contributed by atoms with van der Waals surface area (Å²) >= 11 is 1.85. The monoisotopic (exact) mass is 280 g/mol. The summed E-state index contributed by atoms with van der Waals surface area (Å²) in [7, 11) is 0. The number of fused-ring (bicyclic) bond motifs is 1. The molecule has 0 saturated heterocycles. The van der Waals surface area contributed by atoms with Crippen LogP contribution in [-0.4, -0.2) is 0 Å². The second-order valence-electron chi connectivity index (χ2n) is 4.47. The second kappa shape index (κ2) is 7.66. The second-order valence-corrected chi connectivity index (χ2v) is 5.55. The van der Waals surface area contributed by atoms with Crippen molar-refractivity contribution in [2.24, 2.45) is 0 Å². The largest absolute Gasteiger partial charge is 0.135 e. The van der Waals surface area contributed by atoms with Crippen LogP contribution in [0.1, 0.15) is 30.7 Å². The lowest BCUT2D eigenvalue weighted by Crippen LogP contribution is -1.72. The molecule has 2 rings (SSSR count). The van der Waals surface area contributed by atoms with E-state index in [0.29, 0.717) is 0 Å². The van der Waals surface area contributed by atoms with Crippen LogP contribution < -0.4 is 0 Å². The average Bonchev–Trinajstić information content (AvgIpc) is 2.81. The Bertz CT molecular complexity index is 666. The maximum absolute atomic E-state index is 2.24. The predicted octanol–water partition coefficient (Wildman–Crippen LogP) is 6.47. The van der Waals surface area contributed by atoms with Crippen molar-refractivity contribution in [3.05, 3.63) is 71.2 Å². The van der Waals surface area contributed by atoms with Gasteiger partial charge < -0.3 is 0 Å². The molecule has 1 heterocycles. The molecule has 0 atom stereocenters. The first-order valence-corrected chi connectivity index (χ1v) is 7.77. The van der Waals surface area contributed by atoms with Crippen molar-refractivity contribution in [2.75, 3.05) is 0 Å². The molecule has 0 bridgehead atoms. The Balaban J connectivity index is 2.27. The summed E-state index contributed by atoms with van der Waals surface area (Å²) in [5, 5.41) is 1.35. The highest BCUT2D eigenvalue weighted by Gasteiger charge is 2.06. The van der Waals surface area contributed by atoms with Gasteiger partial charge in [-0.1, -0.05) is 60.7 Å². The number of benzene rings is 1. The maximum Gasteiger partial charge on any atom is 0.0355 e. The number of rotatable bonds is 5. The number of allylic oxidation sites excluding steroid dienone is 6. The van der Waals surface area contributed by atoms with E-state index in [-0.39, 0.29) is 0 Å². The molecule has 0 aliphatic rings. The van der Waals surface area contributed by atoms with Crippen molar-refractivity contribution in [1.29, 1.82) is 0 Å². The van der Waals surface area contributed by atoms with Crippen molar-refractivity contribution < 1.29 is 0 Å². The third kappa shape index (κ3) is 3.58. The zero-order valence-electron chi connectivity index (χ0n) is 12.0. The highest BCUT2D eigenvalue weighted by atomic mass is 32.1. The molecule has 0 spiro atoms. The summed E-state index contributed by atoms with van der Waals surface area (Å²) in [5.74, 6) is 0. The van der Waals surface area contributed by atoms with E-state index in [1.165, 1.54) is 20.5 Å². The van der Waals surface area contributed by atoms with Crippen LogP contribution in [0.3, 0.4) is 0 Å². The van der Waals surface area contributed by atoms with Gasteiger partial charge in [-0.25, -0.2) is 0 Å². The highest BCUT2D eigenvalue weighted by molar-refractivity contribution is 7.20. The molecule has 0 nitrogen and oxygen atoms in total. The third-order valence-electron chi connectivity index (χ3n) is 2.98. The minimum Gasteiger partial charge on any atom is -0.135 e. The Morgan fingerprint density at radius 1 is 0.950 bits per heavy atom. The van der Waals surface area contributed by atoms with Crippen LogP contribution in [0.5, 0.6) is 0 Å². The van der Waals surface area contributed by atoms with E-state index in [0.717, 1.165) is 6.42 Å². The van der Waals surface area contributed by atoms with Crippen LogP contribution in [0.2, 0.25) is 0 Å². The summed E-state index contributed by atoms with van der Waals surface area (Å²) in [5.41, 5.74) is 1.34. The standard InChI is InChI=1S/C19H20S/c1-3-5-6-7-8-9-13-16-17-14-10-11-15-19(17)20-18(16)12-4-2/h3-7,9-15H,8H2,1-2H3/b5-3-,7-6-,12-4-,13-9-. The predicted molar refractivity (Wildman–Crippen MR) is 94.1 cm³/mol. The molecule has 0 amide bonds. The first-order chi connectivity index (χ1) is 9.86. The summed E-state index contributed by atoms with van der Waals surface area (Å²) < 4.78 is 1.35. The third-order valence-corrected chi connectivity index (χ3v) is 4.13. The van der Waals surface area contributed by atoms with Gasteiger partial charge in [-0.3, -0.25) is 0 Å². The van der Waals surface area contributed by atoms with Crippen LogP contribution in [0.25, 0.3) is 22.2 Å². The SMILES string of the molecule is C/C=C\C=C/C/C=C\c1c(/C=C\C)sc2ccccc12. The average molecular weight is 280 g/mol. The van der Waals surface area contributed by atoms with Gasteiger partial charge in [0.15, 0.2) is 0 Å². The topological polar surface area (TPSA) is 0 Å². The van der Waals surface area contributed by atoms with Crippen molar-refractivity contribution in [1.82, 2.24) is 0 Å². The van der Waals surface area contributed by atoms with Crippen LogP contribution >= 0.6 is 11.3 Å². The molecular formula is C19H20S. The smallest absolute Gasteiger partial charge is 0.0355 e. The lowest BCUT2D eigenvalue weighted by atomic mass is 10.1. The van der Waals surface area contributed by atoms with E-state index in [1.807, 2.05) is 24.3 Å². The molecule has 0 fully saturated rings. The van der Waals surface area contributed by atoms with E-state index in [9.17, 15) is 0 Å². The van der Waals surface area contributed by atoms with Gasteiger partial charge in [0.25, 0.3) is 0 Å². The van der Waals surface area contributed by atoms with Crippen molar-refractivity contribution in [2.45, 2.75) is 20.3 Å². The highest BCUT2D eigenvalue weighted by Crippen LogP contribution is 2.33. The maximum atomic E-state index is 2.24. The van der Waals surface area contributed by atoms with Gasteiger partial charge in [-0.15, -0.1) is 11.3 Å².